The van der Waals surface area contributed by atoms with Gasteiger partial charge in [0.05, 0.1) is 13.2 Å². The number of methoxy groups -OCH3 is 2. The van der Waals surface area contributed by atoms with Gasteiger partial charge < -0.3 is 14.8 Å². The molecule has 0 spiro atoms. The summed E-state index contributed by atoms with van der Waals surface area (Å²) in [6.07, 6.45) is 0. The van der Waals surface area contributed by atoms with Gasteiger partial charge in [0.2, 0.25) is 0 Å². The summed E-state index contributed by atoms with van der Waals surface area (Å²) in [7, 11) is 3.50. The SMILES string of the molecule is COCCN(C(C)CNC(C)(C)C)C(C)COC. The highest BCUT2D eigenvalue weighted by Crippen LogP contribution is 2.07. The minimum absolute atomic E-state index is 0.158. The number of nitrogens with one attached hydrogen (secondary N) is 1. The van der Waals surface area contributed by atoms with Gasteiger partial charge in [0.25, 0.3) is 0 Å². The van der Waals surface area contributed by atoms with E-state index in [4.69, 9.17) is 9.47 Å². The lowest BCUT2D eigenvalue weighted by atomic mass is 10.1. The average molecular weight is 260 g/mol. The van der Waals surface area contributed by atoms with E-state index in [0.717, 1.165) is 26.3 Å². The van der Waals surface area contributed by atoms with E-state index >= 15 is 0 Å². The smallest absolute Gasteiger partial charge is 0.0615 e. The van der Waals surface area contributed by atoms with Crippen molar-refractivity contribution >= 4 is 0 Å². The Balaban J connectivity index is 4.34. The summed E-state index contributed by atoms with van der Waals surface area (Å²) in [5.74, 6) is 0. The predicted molar refractivity (Wildman–Crippen MR) is 77.1 cm³/mol. The summed E-state index contributed by atoms with van der Waals surface area (Å²) in [6, 6.07) is 0.867. The van der Waals surface area contributed by atoms with Gasteiger partial charge in [0, 0.05) is 44.9 Å². The fourth-order valence-electron chi connectivity index (χ4n) is 1.98. The van der Waals surface area contributed by atoms with Crippen LogP contribution in [0.1, 0.15) is 34.6 Å². The Labute approximate surface area is 113 Å². The first-order valence-electron chi connectivity index (χ1n) is 6.80. The van der Waals surface area contributed by atoms with Crippen molar-refractivity contribution in [3.8, 4) is 0 Å². The Bertz CT molecular complexity index is 204. The maximum Gasteiger partial charge on any atom is 0.0615 e. The van der Waals surface area contributed by atoms with Gasteiger partial charge in [0.1, 0.15) is 0 Å². The first-order chi connectivity index (χ1) is 8.31. The van der Waals surface area contributed by atoms with E-state index in [1.54, 1.807) is 14.2 Å². The molecule has 0 aliphatic rings. The molecule has 0 radical (unpaired) electrons. The van der Waals surface area contributed by atoms with Crippen LogP contribution < -0.4 is 5.32 Å². The largest absolute Gasteiger partial charge is 0.383 e. The second-order valence-electron chi connectivity index (χ2n) is 6.01. The first-order valence-corrected chi connectivity index (χ1v) is 6.80. The molecule has 4 heteroatoms. The molecule has 1 N–H and O–H groups in total. The van der Waals surface area contributed by atoms with Gasteiger partial charge in [-0.1, -0.05) is 0 Å². The van der Waals surface area contributed by atoms with E-state index in [1.807, 2.05) is 0 Å². The van der Waals surface area contributed by atoms with E-state index in [2.05, 4.69) is 44.8 Å². The molecule has 0 fully saturated rings. The van der Waals surface area contributed by atoms with Crippen LogP contribution in [-0.4, -0.2) is 63.0 Å². The number of hydrogen-bond donors (Lipinski definition) is 1. The van der Waals surface area contributed by atoms with Crippen molar-refractivity contribution in [2.45, 2.75) is 52.2 Å². The Morgan fingerprint density at radius 3 is 2.11 bits per heavy atom. The number of hydrogen-bond acceptors (Lipinski definition) is 4. The predicted octanol–water partition coefficient (Wildman–Crippen LogP) is 1.75. The highest BCUT2D eigenvalue weighted by atomic mass is 16.5. The zero-order valence-corrected chi connectivity index (χ0v) is 13.2. The maximum atomic E-state index is 5.26. The molecule has 0 aromatic rings. The normalized spacial score (nSPS) is 16.0. The van der Waals surface area contributed by atoms with Crippen molar-refractivity contribution in [2.24, 2.45) is 0 Å². The van der Waals surface area contributed by atoms with E-state index in [9.17, 15) is 0 Å². The minimum Gasteiger partial charge on any atom is -0.383 e. The Hall–Kier alpha value is -0.160. The van der Waals surface area contributed by atoms with Gasteiger partial charge in [0.15, 0.2) is 0 Å². The topological polar surface area (TPSA) is 33.7 Å². The summed E-state index contributed by atoms with van der Waals surface area (Å²) in [4.78, 5) is 2.44. The van der Waals surface area contributed by atoms with Gasteiger partial charge in [-0.05, 0) is 34.6 Å². The van der Waals surface area contributed by atoms with Crippen LogP contribution in [0.3, 0.4) is 0 Å². The molecule has 110 valence electrons. The third kappa shape index (κ3) is 8.03. The monoisotopic (exact) mass is 260 g/mol. The lowest BCUT2D eigenvalue weighted by Gasteiger charge is -2.35. The number of ether oxygens (including phenoxy) is 2. The summed E-state index contributed by atoms with van der Waals surface area (Å²) < 4.78 is 10.5. The second kappa shape index (κ2) is 8.86. The summed E-state index contributed by atoms with van der Waals surface area (Å²) >= 11 is 0. The van der Waals surface area contributed by atoms with Crippen molar-refractivity contribution < 1.29 is 9.47 Å². The number of rotatable bonds is 9. The van der Waals surface area contributed by atoms with Crippen LogP contribution in [0.25, 0.3) is 0 Å². The van der Waals surface area contributed by atoms with E-state index < -0.39 is 0 Å². The minimum atomic E-state index is 0.158. The molecular formula is C14H32N2O2. The van der Waals surface area contributed by atoms with Gasteiger partial charge in [-0.15, -0.1) is 0 Å². The van der Waals surface area contributed by atoms with E-state index in [0.29, 0.717) is 12.1 Å². The lowest BCUT2D eigenvalue weighted by Crippen LogP contribution is -2.51. The molecule has 0 rings (SSSR count). The van der Waals surface area contributed by atoms with Crippen molar-refractivity contribution in [3.63, 3.8) is 0 Å². The third-order valence-corrected chi connectivity index (χ3v) is 3.02. The highest BCUT2D eigenvalue weighted by Gasteiger charge is 2.21. The average Bonchev–Trinajstić information content (AvgIpc) is 2.26. The fourth-order valence-corrected chi connectivity index (χ4v) is 1.98. The van der Waals surface area contributed by atoms with Gasteiger partial charge >= 0.3 is 0 Å². The van der Waals surface area contributed by atoms with Crippen LogP contribution in [0, 0.1) is 0 Å². The van der Waals surface area contributed by atoms with Crippen LogP contribution in [0.2, 0.25) is 0 Å². The second-order valence-corrected chi connectivity index (χ2v) is 6.01. The molecule has 0 aliphatic carbocycles. The first kappa shape index (κ1) is 17.8. The van der Waals surface area contributed by atoms with Crippen LogP contribution in [-0.2, 0) is 9.47 Å². The molecule has 2 unspecified atom stereocenters. The van der Waals surface area contributed by atoms with Crippen LogP contribution in [0.5, 0.6) is 0 Å². The molecular weight excluding hydrogens is 228 g/mol. The molecule has 2 atom stereocenters. The third-order valence-electron chi connectivity index (χ3n) is 3.02. The lowest BCUT2D eigenvalue weighted by molar-refractivity contribution is 0.0501. The molecule has 0 amide bonds. The zero-order chi connectivity index (χ0) is 14.2. The molecule has 4 nitrogen and oxygen atoms in total. The Kier molecular flexibility index (Phi) is 8.78. The molecule has 0 bridgehead atoms. The van der Waals surface area contributed by atoms with Crippen molar-refractivity contribution in [2.75, 3.05) is 40.5 Å². The van der Waals surface area contributed by atoms with E-state index in [1.165, 1.54) is 0 Å². The summed E-state index contributed by atoms with van der Waals surface area (Å²) in [5.41, 5.74) is 0.158. The molecule has 0 aliphatic heterocycles. The zero-order valence-electron chi connectivity index (χ0n) is 13.2. The fraction of sp³-hybridized carbons (Fsp3) is 1.00. The Morgan fingerprint density at radius 2 is 1.67 bits per heavy atom. The molecule has 0 aromatic heterocycles. The Morgan fingerprint density at radius 1 is 1.06 bits per heavy atom. The van der Waals surface area contributed by atoms with Crippen LogP contribution >= 0.6 is 0 Å². The van der Waals surface area contributed by atoms with Crippen molar-refractivity contribution in [3.05, 3.63) is 0 Å². The molecule has 0 saturated carbocycles. The van der Waals surface area contributed by atoms with E-state index in [-0.39, 0.29) is 5.54 Å². The quantitative estimate of drug-likeness (QED) is 0.685. The maximum absolute atomic E-state index is 5.26. The van der Waals surface area contributed by atoms with Crippen molar-refractivity contribution in [1.29, 1.82) is 0 Å². The standard InChI is InChI=1S/C14H32N2O2/c1-12(10-15-14(3,4)5)16(8-9-17-6)13(2)11-18-7/h12-13,15H,8-11H2,1-7H3. The van der Waals surface area contributed by atoms with Gasteiger partial charge in [-0.3, -0.25) is 4.90 Å². The van der Waals surface area contributed by atoms with Crippen LogP contribution in [0.15, 0.2) is 0 Å². The number of nitrogens with zero attached hydrogens (tertiary/aromatic N) is 1. The summed E-state index contributed by atoms with van der Waals surface area (Å²) in [5, 5.41) is 3.55. The molecule has 0 aromatic carbocycles. The van der Waals surface area contributed by atoms with Gasteiger partial charge in [-0.25, -0.2) is 0 Å². The van der Waals surface area contributed by atoms with Crippen molar-refractivity contribution in [1.82, 2.24) is 10.2 Å². The molecule has 0 saturated heterocycles. The molecule has 18 heavy (non-hydrogen) atoms. The van der Waals surface area contributed by atoms with Gasteiger partial charge in [-0.2, -0.15) is 0 Å². The summed E-state index contributed by atoms with van der Waals surface area (Å²) in [6.45, 7) is 14.5. The van der Waals surface area contributed by atoms with Crippen LogP contribution in [0.4, 0.5) is 0 Å². The highest BCUT2D eigenvalue weighted by molar-refractivity contribution is 4.79. The molecule has 0 heterocycles.